The van der Waals surface area contributed by atoms with Gasteiger partial charge < -0.3 is 4.74 Å². The Kier molecular flexibility index (Phi) is 3.65. The topological polar surface area (TPSA) is 26.3 Å². The normalized spacial score (nSPS) is 11.1. The fourth-order valence-corrected chi connectivity index (χ4v) is 0.217. The minimum atomic E-state index is -0.884. The molecule has 0 N–H and O–H groups in total. The van der Waals surface area contributed by atoms with Crippen molar-refractivity contribution in [3.63, 3.8) is 0 Å². The third kappa shape index (κ3) is 5.79. The fourth-order valence-electron chi connectivity index (χ4n) is 0.128. The molecule has 4 heteroatoms. The van der Waals surface area contributed by atoms with Crippen LogP contribution < -0.4 is 0 Å². The summed E-state index contributed by atoms with van der Waals surface area (Å²) in [5.74, 6) is 0. The van der Waals surface area contributed by atoms with Crippen molar-refractivity contribution in [2.24, 2.45) is 0 Å². The van der Waals surface area contributed by atoms with Crippen molar-refractivity contribution in [1.29, 1.82) is 0 Å². The van der Waals surface area contributed by atoms with E-state index in [2.05, 4.69) is 4.74 Å². The van der Waals surface area contributed by atoms with Crippen LogP contribution in [0.5, 0.6) is 0 Å². The second-order valence-corrected chi connectivity index (χ2v) is 1.96. The monoisotopic (exact) mass is 154 g/mol. The van der Waals surface area contributed by atoms with Gasteiger partial charge in [0.2, 0.25) is 0 Å². The summed E-state index contributed by atoms with van der Waals surface area (Å²) in [6, 6.07) is 0. The number of hydrogen-bond donors (Lipinski definition) is 0. The number of allylic oxidation sites excluding steroid dienone is 1. The van der Waals surface area contributed by atoms with Crippen molar-refractivity contribution >= 4 is 28.6 Å². The summed E-state index contributed by atoms with van der Waals surface area (Å²) >= 11 is 10.0. The number of halogens is 2. The lowest BCUT2D eigenvalue weighted by Crippen LogP contribution is -1.82. The van der Waals surface area contributed by atoms with Crippen molar-refractivity contribution in [3.8, 4) is 0 Å². The first-order valence-corrected chi connectivity index (χ1v) is 2.57. The molecule has 0 aromatic heterocycles. The Balaban J connectivity index is 3.45. The van der Waals surface area contributed by atoms with Crippen molar-refractivity contribution in [3.05, 3.63) is 11.3 Å². The van der Waals surface area contributed by atoms with E-state index in [1.165, 1.54) is 0 Å². The van der Waals surface area contributed by atoms with E-state index >= 15 is 0 Å². The highest BCUT2D eigenvalue weighted by Gasteiger charge is 1.88. The van der Waals surface area contributed by atoms with E-state index in [1.807, 2.05) is 0 Å². The predicted octanol–water partition coefficient (Wildman–Crippen LogP) is 2.46. The molecule has 0 aromatic rings. The molecular formula is C4H4Cl2O2. The Bertz CT molecular complexity index is 115. The molecule has 0 saturated heterocycles. The van der Waals surface area contributed by atoms with Crippen LogP contribution in [-0.2, 0) is 4.74 Å². The first-order valence-electron chi connectivity index (χ1n) is 1.81. The summed E-state index contributed by atoms with van der Waals surface area (Å²) in [5.41, 5.74) is -0.884. The van der Waals surface area contributed by atoms with Gasteiger partial charge in [-0.25, -0.2) is 4.79 Å². The highest BCUT2D eigenvalue weighted by Crippen LogP contribution is 1.99. The van der Waals surface area contributed by atoms with Gasteiger partial charge in [-0.2, -0.15) is 0 Å². The van der Waals surface area contributed by atoms with E-state index in [1.54, 1.807) is 6.92 Å². The number of rotatable bonds is 1. The van der Waals surface area contributed by atoms with Crippen molar-refractivity contribution < 1.29 is 9.53 Å². The predicted molar refractivity (Wildman–Crippen MR) is 31.9 cm³/mol. The maximum atomic E-state index is 9.79. The minimum Gasteiger partial charge on any atom is -0.421 e. The number of hydrogen-bond acceptors (Lipinski definition) is 2. The zero-order valence-corrected chi connectivity index (χ0v) is 5.66. The van der Waals surface area contributed by atoms with Crippen molar-refractivity contribution in [1.82, 2.24) is 0 Å². The number of ether oxygens (including phenoxy) is 1. The fraction of sp³-hybridized carbons (Fsp3) is 0.250. The standard InChI is InChI=1S/C4H4Cl2O2/c1-3(5)2-8-4(6)7/h2H,1H3/b3-2-. The van der Waals surface area contributed by atoms with E-state index in [0.717, 1.165) is 6.26 Å². The molecule has 0 amide bonds. The number of carbonyl (C=O) groups is 1. The summed E-state index contributed by atoms with van der Waals surface area (Å²) in [6.45, 7) is 1.57. The summed E-state index contributed by atoms with van der Waals surface area (Å²) in [5, 5.41) is 0.374. The van der Waals surface area contributed by atoms with Crippen LogP contribution in [0, 0.1) is 0 Å². The molecule has 0 aliphatic carbocycles. The molecule has 0 atom stereocenters. The smallest absolute Gasteiger partial charge is 0.408 e. The average Bonchev–Trinajstić information content (AvgIpc) is 1.61. The zero-order valence-electron chi connectivity index (χ0n) is 4.15. The second kappa shape index (κ2) is 3.75. The molecule has 0 bridgehead atoms. The Morgan fingerprint density at radius 1 is 1.62 bits per heavy atom. The van der Waals surface area contributed by atoms with E-state index in [-0.39, 0.29) is 0 Å². The van der Waals surface area contributed by atoms with Crippen LogP contribution in [0.3, 0.4) is 0 Å². The third-order valence-electron chi connectivity index (χ3n) is 0.314. The molecule has 0 fully saturated rings. The summed E-state index contributed by atoms with van der Waals surface area (Å²) in [6.07, 6.45) is 1.07. The van der Waals surface area contributed by atoms with Gasteiger partial charge >= 0.3 is 5.43 Å². The van der Waals surface area contributed by atoms with Crippen LogP contribution in [0.2, 0.25) is 0 Å². The summed E-state index contributed by atoms with van der Waals surface area (Å²) < 4.78 is 4.14. The molecule has 0 heterocycles. The molecule has 0 saturated carbocycles. The Morgan fingerprint density at radius 2 is 2.12 bits per heavy atom. The van der Waals surface area contributed by atoms with Crippen LogP contribution in [-0.4, -0.2) is 5.43 Å². The molecule has 0 spiro atoms. The van der Waals surface area contributed by atoms with Crippen molar-refractivity contribution in [2.45, 2.75) is 6.92 Å². The molecule has 2 nitrogen and oxygen atoms in total. The van der Waals surface area contributed by atoms with Crippen LogP contribution in [0.15, 0.2) is 11.3 Å². The van der Waals surface area contributed by atoms with Gasteiger partial charge in [0.05, 0.1) is 5.03 Å². The number of carbonyl (C=O) groups excluding carboxylic acids is 1. The first-order chi connectivity index (χ1) is 3.63. The van der Waals surface area contributed by atoms with E-state index in [9.17, 15) is 4.79 Å². The molecule has 46 valence electrons. The summed E-state index contributed by atoms with van der Waals surface area (Å²) in [7, 11) is 0. The van der Waals surface area contributed by atoms with Gasteiger partial charge in [-0.1, -0.05) is 11.6 Å². The second-order valence-electron chi connectivity index (χ2n) is 1.06. The zero-order chi connectivity index (χ0) is 6.57. The quantitative estimate of drug-likeness (QED) is 0.429. The van der Waals surface area contributed by atoms with Crippen LogP contribution in [0.25, 0.3) is 0 Å². The molecule has 0 aromatic carbocycles. The lowest BCUT2D eigenvalue weighted by molar-refractivity contribution is 0.212. The lowest BCUT2D eigenvalue weighted by atomic mass is 10.7. The Morgan fingerprint density at radius 3 is 2.25 bits per heavy atom. The maximum Gasteiger partial charge on any atom is 0.408 e. The first kappa shape index (κ1) is 7.79. The van der Waals surface area contributed by atoms with Gasteiger partial charge in [0.25, 0.3) is 0 Å². The molecular weight excluding hydrogens is 151 g/mol. The van der Waals surface area contributed by atoms with E-state index in [4.69, 9.17) is 23.2 Å². The van der Waals surface area contributed by atoms with Crippen LogP contribution in [0.1, 0.15) is 6.92 Å². The van der Waals surface area contributed by atoms with E-state index in [0.29, 0.717) is 5.03 Å². The van der Waals surface area contributed by atoms with E-state index < -0.39 is 5.43 Å². The van der Waals surface area contributed by atoms with Crippen LogP contribution in [0.4, 0.5) is 4.79 Å². The molecule has 8 heavy (non-hydrogen) atoms. The highest BCUT2D eigenvalue weighted by atomic mass is 35.5. The summed E-state index contributed by atoms with van der Waals surface area (Å²) in [4.78, 5) is 9.79. The van der Waals surface area contributed by atoms with Gasteiger partial charge in [0.1, 0.15) is 6.26 Å². The lowest BCUT2D eigenvalue weighted by Gasteiger charge is -1.86. The molecule has 0 radical (unpaired) electrons. The highest BCUT2D eigenvalue weighted by molar-refractivity contribution is 6.61. The molecule has 0 unspecified atom stereocenters. The molecule has 0 rings (SSSR count). The Labute approximate surface area is 57.0 Å². The van der Waals surface area contributed by atoms with Gasteiger partial charge in [-0.3, -0.25) is 0 Å². The SMILES string of the molecule is C/C(Cl)=C/OC(=O)Cl. The minimum absolute atomic E-state index is 0.374. The molecule has 0 aliphatic heterocycles. The molecule has 0 aliphatic rings. The maximum absolute atomic E-state index is 9.79. The third-order valence-corrected chi connectivity index (χ3v) is 0.492. The largest absolute Gasteiger partial charge is 0.421 e. The van der Waals surface area contributed by atoms with Gasteiger partial charge in [-0.05, 0) is 6.92 Å². The van der Waals surface area contributed by atoms with Gasteiger partial charge in [0.15, 0.2) is 0 Å². The average molecular weight is 155 g/mol. The Hall–Kier alpha value is -0.210. The van der Waals surface area contributed by atoms with Crippen molar-refractivity contribution in [2.75, 3.05) is 0 Å². The van der Waals surface area contributed by atoms with Gasteiger partial charge in [-0.15, -0.1) is 0 Å². The van der Waals surface area contributed by atoms with Crippen LogP contribution >= 0.6 is 23.2 Å². The van der Waals surface area contributed by atoms with Gasteiger partial charge in [0, 0.05) is 11.6 Å².